The zero-order valence-electron chi connectivity index (χ0n) is 12.8. The van der Waals surface area contributed by atoms with E-state index in [4.69, 9.17) is 0 Å². The fourth-order valence-electron chi connectivity index (χ4n) is 2.29. The highest BCUT2D eigenvalue weighted by molar-refractivity contribution is 5.89. The lowest BCUT2D eigenvalue weighted by Gasteiger charge is -2.19. The van der Waals surface area contributed by atoms with Crippen molar-refractivity contribution in [3.8, 4) is 0 Å². The molecule has 1 atom stereocenters. The third-order valence-corrected chi connectivity index (χ3v) is 3.45. The van der Waals surface area contributed by atoms with E-state index in [1.54, 1.807) is 11.0 Å². The minimum Gasteiger partial charge on any atom is -0.329 e. The second kappa shape index (κ2) is 7.36. The van der Waals surface area contributed by atoms with Crippen LogP contribution >= 0.6 is 0 Å². The highest BCUT2D eigenvalue weighted by atomic mass is 19.1. The monoisotopic (exact) mass is 325 g/mol. The molecule has 0 saturated heterocycles. The smallest absolute Gasteiger partial charge is 0.319 e. The third-order valence-electron chi connectivity index (χ3n) is 3.45. The molecule has 0 aliphatic rings. The number of amides is 2. The molecule has 24 heavy (non-hydrogen) atoms. The van der Waals surface area contributed by atoms with E-state index >= 15 is 0 Å². The maximum atomic E-state index is 12.9. The molecule has 0 radical (unpaired) electrons. The van der Waals surface area contributed by atoms with Gasteiger partial charge in [-0.3, -0.25) is 4.68 Å². The van der Waals surface area contributed by atoms with Crippen LogP contribution < -0.4 is 10.6 Å². The molecule has 2 N–H and O–H groups in total. The van der Waals surface area contributed by atoms with Crippen molar-refractivity contribution in [2.75, 3.05) is 5.32 Å². The van der Waals surface area contributed by atoms with Gasteiger partial charge in [0.2, 0.25) is 0 Å². The molecule has 7 heteroatoms. The number of nitrogens with zero attached hydrogens (tertiary/aromatic N) is 3. The van der Waals surface area contributed by atoms with Crippen LogP contribution in [0.5, 0.6) is 0 Å². The lowest BCUT2D eigenvalue weighted by molar-refractivity contribution is 0.246. The molecule has 1 heterocycles. The van der Waals surface area contributed by atoms with Gasteiger partial charge < -0.3 is 10.6 Å². The maximum absolute atomic E-state index is 12.9. The number of halogens is 1. The first-order valence-corrected chi connectivity index (χ1v) is 7.41. The van der Waals surface area contributed by atoms with Crippen molar-refractivity contribution in [2.24, 2.45) is 0 Å². The molecule has 0 saturated carbocycles. The molecule has 0 fully saturated rings. The van der Waals surface area contributed by atoms with Gasteiger partial charge in [0.1, 0.15) is 18.5 Å². The SMILES string of the molecule is O=C(Nc1ccc(F)cc1)N[C@H](Cn1cncn1)c1ccccc1. The van der Waals surface area contributed by atoms with Crippen LogP contribution in [0.1, 0.15) is 11.6 Å². The summed E-state index contributed by atoms with van der Waals surface area (Å²) in [6.07, 6.45) is 3.04. The molecule has 0 spiro atoms. The molecule has 2 aromatic carbocycles. The molecule has 0 unspecified atom stereocenters. The first kappa shape index (κ1) is 15.7. The zero-order valence-corrected chi connectivity index (χ0v) is 12.8. The number of carbonyl (C=O) groups is 1. The summed E-state index contributed by atoms with van der Waals surface area (Å²) in [6, 6.07) is 14.5. The first-order chi connectivity index (χ1) is 11.7. The topological polar surface area (TPSA) is 71.8 Å². The van der Waals surface area contributed by atoms with Crippen LogP contribution in [0.25, 0.3) is 0 Å². The van der Waals surface area contributed by atoms with Gasteiger partial charge in [-0.1, -0.05) is 30.3 Å². The number of benzene rings is 2. The number of urea groups is 1. The quantitative estimate of drug-likeness (QED) is 0.757. The molecule has 3 aromatic rings. The molecule has 0 bridgehead atoms. The largest absolute Gasteiger partial charge is 0.329 e. The van der Waals surface area contributed by atoms with Crippen molar-refractivity contribution in [1.29, 1.82) is 0 Å². The van der Waals surface area contributed by atoms with Crippen molar-refractivity contribution >= 4 is 11.7 Å². The van der Waals surface area contributed by atoms with Crippen LogP contribution in [-0.4, -0.2) is 20.8 Å². The third kappa shape index (κ3) is 4.16. The summed E-state index contributed by atoms with van der Waals surface area (Å²) in [7, 11) is 0. The van der Waals surface area contributed by atoms with Gasteiger partial charge in [0.15, 0.2) is 0 Å². The molecular formula is C17H16FN5O. The Labute approximate surface area is 138 Å². The Morgan fingerprint density at radius 3 is 2.54 bits per heavy atom. The Balaban J connectivity index is 1.71. The lowest BCUT2D eigenvalue weighted by Crippen LogP contribution is -2.35. The minimum atomic E-state index is -0.379. The fraction of sp³-hybridized carbons (Fsp3) is 0.118. The lowest BCUT2D eigenvalue weighted by atomic mass is 10.1. The summed E-state index contributed by atoms with van der Waals surface area (Å²) >= 11 is 0. The van der Waals surface area contributed by atoms with E-state index in [2.05, 4.69) is 20.7 Å². The summed E-state index contributed by atoms with van der Waals surface area (Å²) in [4.78, 5) is 16.2. The van der Waals surface area contributed by atoms with Gasteiger partial charge in [0, 0.05) is 5.69 Å². The Morgan fingerprint density at radius 1 is 1.12 bits per heavy atom. The van der Waals surface area contributed by atoms with Crippen molar-refractivity contribution < 1.29 is 9.18 Å². The second-order valence-corrected chi connectivity index (χ2v) is 5.19. The van der Waals surface area contributed by atoms with E-state index < -0.39 is 0 Å². The molecule has 0 aliphatic carbocycles. The first-order valence-electron chi connectivity index (χ1n) is 7.41. The maximum Gasteiger partial charge on any atom is 0.319 e. The average molecular weight is 325 g/mol. The number of carbonyl (C=O) groups excluding carboxylic acids is 1. The standard InChI is InChI=1S/C17H16FN5O/c18-14-6-8-15(9-7-14)21-17(24)22-16(10-23-12-19-11-20-23)13-4-2-1-3-5-13/h1-9,11-12,16H,10H2,(H2,21,22,24)/t16-/m1/s1. The molecular weight excluding hydrogens is 309 g/mol. The summed E-state index contributed by atoms with van der Waals surface area (Å²) in [5.41, 5.74) is 1.46. The van der Waals surface area contributed by atoms with E-state index in [0.29, 0.717) is 12.2 Å². The predicted molar refractivity (Wildman–Crippen MR) is 87.8 cm³/mol. The van der Waals surface area contributed by atoms with Gasteiger partial charge >= 0.3 is 6.03 Å². The molecule has 1 aromatic heterocycles. The Kier molecular flexibility index (Phi) is 4.81. The number of anilines is 1. The van der Waals surface area contributed by atoms with Crippen LogP contribution in [0.15, 0.2) is 67.3 Å². The Bertz CT molecular complexity index is 775. The van der Waals surface area contributed by atoms with Crippen molar-refractivity contribution in [3.05, 3.63) is 78.6 Å². The van der Waals surface area contributed by atoms with Crippen molar-refractivity contribution in [1.82, 2.24) is 20.1 Å². The van der Waals surface area contributed by atoms with Crippen molar-refractivity contribution in [3.63, 3.8) is 0 Å². The molecule has 3 rings (SSSR count). The number of nitrogens with one attached hydrogen (secondary N) is 2. The van der Waals surface area contributed by atoms with E-state index in [1.807, 2.05) is 30.3 Å². The zero-order chi connectivity index (χ0) is 16.8. The van der Waals surface area contributed by atoms with Gasteiger partial charge in [0.25, 0.3) is 0 Å². The number of hydrogen-bond acceptors (Lipinski definition) is 3. The highest BCUT2D eigenvalue weighted by Gasteiger charge is 2.15. The van der Waals surface area contributed by atoms with Crippen molar-refractivity contribution in [2.45, 2.75) is 12.6 Å². The molecule has 122 valence electrons. The van der Waals surface area contributed by atoms with Crippen LogP contribution in [0, 0.1) is 5.82 Å². The van der Waals surface area contributed by atoms with Gasteiger partial charge in [-0.05, 0) is 29.8 Å². The number of hydrogen-bond donors (Lipinski definition) is 2. The van der Waals surface area contributed by atoms with Crippen LogP contribution in [0.2, 0.25) is 0 Å². The van der Waals surface area contributed by atoms with E-state index in [-0.39, 0.29) is 17.9 Å². The normalized spacial score (nSPS) is 11.7. The number of rotatable bonds is 5. The summed E-state index contributed by atoms with van der Waals surface area (Å²) in [5, 5.41) is 9.66. The molecule has 6 nitrogen and oxygen atoms in total. The van der Waals surface area contributed by atoms with Gasteiger partial charge in [-0.2, -0.15) is 5.10 Å². The highest BCUT2D eigenvalue weighted by Crippen LogP contribution is 2.15. The minimum absolute atomic E-state index is 0.284. The van der Waals surface area contributed by atoms with Gasteiger partial charge in [-0.15, -0.1) is 0 Å². The molecule has 2 amide bonds. The van der Waals surface area contributed by atoms with Gasteiger partial charge in [-0.25, -0.2) is 14.2 Å². The Hall–Kier alpha value is -3.22. The summed E-state index contributed by atoms with van der Waals surface area (Å²) < 4.78 is 14.6. The van der Waals surface area contributed by atoms with Crippen LogP contribution in [0.3, 0.4) is 0 Å². The fourth-order valence-corrected chi connectivity index (χ4v) is 2.29. The number of aromatic nitrogens is 3. The summed E-state index contributed by atoms with van der Waals surface area (Å²) in [6.45, 7) is 0.445. The van der Waals surface area contributed by atoms with E-state index in [1.165, 1.54) is 30.6 Å². The van der Waals surface area contributed by atoms with E-state index in [9.17, 15) is 9.18 Å². The second-order valence-electron chi connectivity index (χ2n) is 5.19. The summed E-state index contributed by atoms with van der Waals surface area (Å²) in [5.74, 6) is -0.352. The van der Waals surface area contributed by atoms with Gasteiger partial charge in [0.05, 0.1) is 12.6 Å². The molecule has 0 aliphatic heterocycles. The predicted octanol–water partition coefficient (Wildman–Crippen LogP) is 2.98. The average Bonchev–Trinajstić information content (AvgIpc) is 3.10. The van der Waals surface area contributed by atoms with Crippen LogP contribution in [-0.2, 0) is 6.54 Å². The van der Waals surface area contributed by atoms with Crippen LogP contribution in [0.4, 0.5) is 14.9 Å². The van der Waals surface area contributed by atoms with E-state index in [0.717, 1.165) is 5.56 Å². The Morgan fingerprint density at radius 2 is 1.88 bits per heavy atom.